The fraction of sp³-hybridized carbons (Fsp3) is 0.391. The zero-order valence-electron chi connectivity index (χ0n) is 18.9. The maximum absolute atomic E-state index is 12.6. The second-order valence-corrected chi connectivity index (χ2v) is 8.77. The zero-order valence-corrected chi connectivity index (χ0v) is 19.7. The number of hydrogen-bond donors (Lipinski definition) is 1. The molecule has 11 nitrogen and oxygen atoms in total. The lowest BCUT2D eigenvalue weighted by atomic mass is 9.71. The van der Waals surface area contributed by atoms with Crippen LogP contribution in [0.25, 0.3) is 0 Å². The van der Waals surface area contributed by atoms with Crippen molar-refractivity contribution in [3.8, 4) is 0 Å². The van der Waals surface area contributed by atoms with Gasteiger partial charge in [0.05, 0.1) is 11.0 Å². The minimum Gasteiger partial charge on any atom is -0.458 e. The van der Waals surface area contributed by atoms with Crippen LogP contribution in [0, 0.1) is 15.5 Å². The summed E-state index contributed by atoms with van der Waals surface area (Å²) in [6, 6.07) is 8.93. The quantitative estimate of drug-likeness (QED) is 0.206. The van der Waals surface area contributed by atoms with Crippen LogP contribution in [0.1, 0.15) is 25.3 Å². The Bertz CT molecular complexity index is 1140. The number of hydrogen-bond acceptors (Lipinski definition) is 9. The van der Waals surface area contributed by atoms with Crippen LogP contribution in [0.15, 0.2) is 48.8 Å². The fourth-order valence-corrected chi connectivity index (χ4v) is 4.79. The monoisotopic (exact) mass is 501 g/mol. The number of likely N-dealkylation sites (tertiary alicyclic amines) is 1. The van der Waals surface area contributed by atoms with E-state index < -0.39 is 40.2 Å². The Hall–Kier alpha value is -3.73. The molecule has 2 heterocycles. The maximum Gasteiger partial charge on any atom is 0.410 e. The number of anilines is 1. The summed E-state index contributed by atoms with van der Waals surface area (Å²) in [5.41, 5.74) is -0.193. The Morgan fingerprint density at radius 1 is 1.23 bits per heavy atom. The number of piperidine rings is 1. The number of nitrogens with one attached hydrogen (secondary N) is 1. The van der Waals surface area contributed by atoms with E-state index in [1.165, 1.54) is 6.92 Å². The van der Waals surface area contributed by atoms with E-state index in [2.05, 4.69) is 15.3 Å². The SMILES string of the molecule is CC(=O)O[C@@H]1C=C[C@H](Nc2ncnc(Cl)c2[N+](=O)[O-])C12CCN(C(=O)OCc1ccccc1)CC2. The maximum atomic E-state index is 12.6. The summed E-state index contributed by atoms with van der Waals surface area (Å²) in [5, 5.41) is 14.3. The first kappa shape index (κ1) is 24.4. The summed E-state index contributed by atoms with van der Waals surface area (Å²) in [4.78, 5) is 44.6. The molecular weight excluding hydrogens is 478 g/mol. The average Bonchev–Trinajstić information content (AvgIpc) is 3.14. The molecule has 2 atom stereocenters. The average molecular weight is 502 g/mol. The van der Waals surface area contributed by atoms with Crippen molar-refractivity contribution < 1.29 is 24.0 Å². The molecule has 1 N–H and O–H groups in total. The number of halogens is 1. The molecule has 12 heteroatoms. The van der Waals surface area contributed by atoms with Gasteiger partial charge in [-0.3, -0.25) is 14.9 Å². The molecule has 1 aromatic carbocycles. The van der Waals surface area contributed by atoms with Crippen molar-refractivity contribution in [3.05, 3.63) is 69.6 Å². The Labute approximate surface area is 206 Å². The van der Waals surface area contributed by atoms with Gasteiger partial charge in [-0.2, -0.15) is 0 Å². The highest BCUT2D eigenvalue weighted by Crippen LogP contribution is 2.46. The Balaban J connectivity index is 1.49. The molecule has 1 fully saturated rings. The molecule has 0 radical (unpaired) electrons. The van der Waals surface area contributed by atoms with E-state index in [0.29, 0.717) is 25.9 Å². The molecule has 1 amide bonds. The first-order valence-corrected chi connectivity index (χ1v) is 11.4. The number of benzene rings is 1. The van der Waals surface area contributed by atoms with E-state index >= 15 is 0 Å². The second kappa shape index (κ2) is 10.3. The Morgan fingerprint density at radius 2 is 1.94 bits per heavy atom. The van der Waals surface area contributed by atoms with Crippen molar-refractivity contribution in [1.82, 2.24) is 14.9 Å². The molecule has 0 saturated carbocycles. The predicted molar refractivity (Wildman–Crippen MR) is 126 cm³/mol. The highest BCUT2D eigenvalue weighted by Gasteiger charge is 2.52. The summed E-state index contributed by atoms with van der Waals surface area (Å²) in [6.45, 7) is 2.21. The molecule has 1 aliphatic heterocycles. The van der Waals surface area contributed by atoms with Crippen LogP contribution in [0.2, 0.25) is 5.15 Å². The molecule has 1 aromatic heterocycles. The number of amides is 1. The smallest absolute Gasteiger partial charge is 0.410 e. The van der Waals surface area contributed by atoms with Crippen LogP contribution < -0.4 is 5.32 Å². The van der Waals surface area contributed by atoms with Gasteiger partial charge in [0.15, 0.2) is 0 Å². The predicted octanol–water partition coefficient (Wildman–Crippen LogP) is 3.74. The Morgan fingerprint density at radius 3 is 2.60 bits per heavy atom. The Kier molecular flexibility index (Phi) is 7.15. The van der Waals surface area contributed by atoms with E-state index in [-0.39, 0.29) is 17.6 Å². The minimum absolute atomic E-state index is 0.0304. The molecule has 2 aliphatic rings. The number of carbonyl (C=O) groups is 2. The first-order valence-electron chi connectivity index (χ1n) is 11.0. The third kappa shape index (κ3) is 5.19. The van der Waals surface area contributed by atoms with Gasteiger partial charge < -0.3 is 19.7 Å². The molecule has 35 heavy (non-hydrogen) atoms. The lowest BCUT2D eigenvalue weighted by Crippen LogP contribution is -2.53. The van der Waals surface area contributed by atoms with E-state index in [9.17, 15) is 19.7 Å². The van der Waals surface area contributed by atoms with Crippen molar-refractivity contribution in [2.24, 2.45) is 5.41 Å². The van der Waals surface area contributed by atoms with Crippen LogP contribution in [-0.2, 0) is 20.9 Å². The molecule has 184 valence electrons. The summed E-state index contributed by atoms with van der Waals surface area (Å²) >= 11 is 5.93. The van der Waals surface area contributed by atoms with Gasteiger partial charge in [-0.25, -0.2) is 14.8 Å². The normalized spacial score (nSPS) is 20.5. The summed E-state index contributed by atoms with van der Waals surface area (Å²) in [6.07, 6.45) is 4.62. The molecule has 2 aromatic rings. The number of ether oxygens (including phenoxy) is 2. The summed E-state index contributed by atoms with van der Waals surface area (Å²) in [5.74, 6) is -0.474. The van der Waals surface area contributed by atoms with Crippen molar-refractivity contribution in [2.45, 2.75) is 38.5 Å². The third-order valence-corrected chi connectivity index (χ3v) is 6.64. The summed E-state index contributed by atoms with van der Waals surface area (Å²) < 4.78 is 11.0. The first-order chi connectivity index (χ1) is 16.8. The van der Waals surface area contributed by atoms with Gasteiger partial charge in [-0.15, -0.1) is 0 Å². The number of aromatic nitrogens is 2. The van der Waals surface area contributed by atoms with E-state index in [1.54, 1.807) is 17.1 Å². The molecule has 0 bridgehead atoms. The third-order valence-electron chi connectivity index (χ3n) is 6.37. The van der Waals surface area contributed by atoms with Crippen molar-refractivity contribution in [2.75, 3.05) is 18.4 Å². The molecule has 0 unspecified atom stereocenters. The van der Waals surface area contributed by atoms with Gasteiger partial charge in [0, 0.05) is 25.4 Å². The molecule has 1 spiro atoms. The van der Waals surface area contributed by atoms with Gasteiger partial charge in [0.25, 0.3) is 0 Å². The highest BCUT2D eigenvalue weighted by molar-refractivity contribution is 6.31. The van der Waals surface area contributed by atoms with Crippen LogP contribution in [-0.4, -0.2) is 57.1 Å². The largest absolute Gasteiger partial charge is 0.458 e. The fourth-order valence-electron chi connectivity index (χ4n) is 4.58. The van der Waals surface area contributed by atoms with E-state index in [4.69, 9.17) is 21.1 Å². The number of esters is 1. The van der Waals surface area contributed by atoms with Crippen LogP contribution in [0.5, 0.6) is 0 Å². The molecule has 4 rings (SSSR count). The number of nitrogens with zero attached hydrogens (tertiary/aromatic N) is 4. The lowest BCUT2D eigenvalue weighted by molar-refractivity contribution is -0.384. The van der Waals surface area contributed by atoms with E-state index in [0.717, 1.165) is 11.9 Å². The number of nitro groups is 1. The second-order valence-electron chi connectivity index (χ2n) is 8.42. The standard InChI is InChI=1S/C23H24ClN5O6/c1-15(30)35-18-8-7-17(27-21-19(29(32)33)20(24)25-14-26-21)23(18)9-11-28(12-10-23)22(31)34-13-16-5-3-2-4-6-16/h2-8,14,17-18H,9-13H2,1H3,(H,25,26,27)/t17-,18+/m0/s1. The van der Waals surface area contributed by atoms with Crippen LogP contribution >= 0.6 is 11.6 Å². The lowest BCUT2D eigenvalue weighted by Gasteiger charge is -2.45. The number of rotatable bonds is 6. The highest BCUT2D eigenvalue weighted by atomic mass is 35.5. The minimum atomic E-state index is -0.648. The van der Waals surface area contributed by atoms with Gasteiger partial charge in [0.2, 0.25) is 11.0 Å². The van der Waals surface area contributed by atoms with Gasteiger partial charge in [-0.05, 0) is 24.5 Å². The molecule has 1 saturated heterocycles. The van der Waals surface area contributed by atoms with Gasteiger partial charge in [-0.1, -0.05) is 48.0 Å². The van der Waals surface area contributed by atoms with Gasteiger partial charge in [0.1, 0.15) is 19.0 Å². The summed E-state index contributed by atoms with van der Waals surface area (Å²) in [7, 11) is 0. The van der Waals surface area contributed by atoms with Crippen LogP contribution in [0.4, 0.5) is 16.3 Å². The number of carbonyl (C=O) groups excluding carboxylic acids is 2. The molecule has 1 aliphatic carbocycles. The van der Waals surface area contributed by atoms with Crippen LogP contribution in [0.3, 0.4) is 0 Å². The topological polar surface area (TPSA) is 137 Å². The van der Waals surface area contributed by atoms with Crippen molar-refractivity contribution >= 4 is 35.2 Å². The van der Waals surface area contributed by atoms with Crippen molar-refractivity contribution in [3.63, 3.8) is 0 Å². The van der Waals surface area contributed by atoms with Gasteiger partial charge >= 0.3 is 17.7 Å². The van der Waals surface area contributed by atoms with E-state index in [1.807, 2.05) is 30.3 Å². The van der Waals surface area contributed by atoms with Crippen molar-refractivity contribution in [1.29, 1.82) is 0 Å². The zero-order chi connectivity index (χ0) is 25.0. The molecular formula is C23H24ClN5O6.